The molecule has 1 saturated carbocycles. The summed E-state index contributed by atoms with van der Waals surface area (Å²) in [5, 5.41) is 3.18. The Labute approximate surface area is 143 Å². The van der Waals surface area contributed by atoms with Gasteiger partial charge in [-0.1, -0.05) is 29.8 Å². The van der Waals surface area contributed by atoms with Crippen molar-refractivity contribution < 1.29 is 4.79 Å². The van der Waals surface area contributed by atoms with E-state index in [2.05, 4.69) is 33.9 Å². The average Bonchev–Trinajstić information content (AvgIpc) is 3.09. The van der Waals surface area contributed by atoms with Gasteiger partial charge in [0.1, 0.15) is 6.04 Å². The lowest BCUT2D eigenvalue weighted by atomic mass is 10.0. The van der Waals surface area contributed by atoms with Crippen LogP contribution < -0.4 is 5.32 Å². The molecule has 1 fully saturated rings. The van der Waals surface area contributed by atoms with Crippen molar-refractivity contribution in [3.05, 3.63) is 54.1 Å². The summed E-state index contributed by atoms with van der Waals surface area (Å²) in [5.74, 6) is 0.0718. The molecule has 1 heterocycles. The summed E-state index contributed by atoms with van der Waals surface area (Å²) in [5.41, 5.74) is 2.41. The molecule has 1 aliphatic carbocycles. The van der Waals surface area contributed by atoms with Crippen LogP contribution in [-0.2, 0) is 11.3 Å². The lowest BCUT2D eigenvalue weighted by Gasteiger charge is -2.25. The maximum atomic E-state index is 12.8. The lowest BCUT2D eigenvalue weighted by Crippen LogP contribution is -2.40. The molecule has 1 aromatic carbocycles. The molecule has 1 amide bonds. The highest BCUT2D eigenvalue weighted by Crippen LogP contribution is 2.46. The zero-order valence-corrected chi connectivity index (χ0v) is 14.7. The smallest absolute Gasteiger partial charge is 0.241 e. The molecule has 3 rings (SSSR count). The second-order valence-corrected chi connectivity index (χ2v) is 7.23. The molecule has 0 radical (unpaired) electrons. The summed E-state index contributed by atoms with van der Waals surface area (Å²) in [4.78, 5) is 18.9. The molecule has 1 atom stereocenters. The van der Waals surface area contributed by atoms with Gasteiger partial charge in [0.25, 0.3) is 0 Å². The fraction of sp³-hybridized carbons (Fsp3) is 0.474. The van der Waals surface area contributed by atoms with Crippen molar-refractivity contribution in [2.24, 2.45) is 5.41 Å². The van der Waals surface area contributed by atoms with Crippen LogP contribution in [-0.4, -0.2) is 41.0 Å². The highest BCUT2D eigenvalue weighted by atomic mass is 16.2. The molecule has 5 nitrogen and oxygen atoms in total. The zero-order valence-electron chi connectivity index (χ0n) is 14.7. The standard InChI is InChI=1S/C19H26N4O/c1-15-5-4-6-16(11-15)17(22(2)3)18(24)21-12-19(7-8-19)13-23-10-9-20-14-23/h4-6,9-11,14,17H,7-8,12-13H2,1-3H3,(H,21,24)/t17-/m0/s1. The highest BCUT2D eigenvalue weighted by Gasteiger charge is 2.43. The number of aryl methyl sites for hydroxylation is 1. The van der Waals surface area contributed by atoms with E-state index in [-0.39, 0.29) is 17.4 Å². The first-order valence-electron chi connectivity index (χ1n) is 8.46. The molecule has 5 heteroatoms. The molecule has 2 aromatic rings. The van der Waals surface area contributed by atoms with E-state index in [9.17, 15) is 4.79 Å². The van der Waals surface area contributed by atoms with Gasteiger partial charge in [-0.25, -0.2) is 4.98 Å². The number of amides is 1. The Morgan fingerprint density at radius 3 is 2.79 bits per heavy atom. The molecule has 0 unspecified atom stereocenters. The van der Waals surface area contributed by atoms with E-state index >= 15 is 0 Å². The maximum absolute atomic E-state index is 12.8. The average molecular weight is 326 g/mol. The third-order valence-electron chi connectivity index (χ3n) is 4.79. The number of imidazole rings is 1. The SMILES string of the molecule is Cc1cccc([C@@H](C(=O)NCC2(Cn3ccnc3)CC2)N(C)C)c1. The van der Waals surface area contributed by atoms with E-state index in [4.69, 9.17) is 0 Å². The van der Waals surface area contributed by atoms with Gasteiger partial charge in [-0.05, 0) is 39.4 Å². The van der Waals surface area contributed by atoms with Gasteiger partial charge in [-0.3, -0.25) is 9.69 Å². The Kier molecular flexibility index (Phi) is 4.71. The third-order valence-corrected chi connectivity index (χ3v) is 4.79. The number of rotatable bonds is 7. The van der Waals surface area contributed by atoms with Gasteiger partial charge in [-0.15, -0.1) is 0 Å². The van der Waals surface area contributed by atoms with Gasteiger partial charge in [0.2, 0.25) is 5.91 Å². The Balaban J connectivity index is 1.64. The molecule has 0 aliphatic heterocycles. The number of hydrogen-bond acceptors (Lipinski definition) is 3. The quantitative estimate of drug-likeness (QED) is 0.850. The van der Waals surface area contributed by atoms with Crippen LogP contribution in [0.3, 0.4) is 0 Å². The molecule has 1 aliphatic rings. The number of nitrogens with zero attached hydrogens (tertiary/aromatic N) is 3. The fourth-order valence-corrected chi connectivity index (χ4v) is 3.23. The molecule has 0 bridgehead atoms. The first kappa shape index (κ1) is 16.7. The Bertz CT molecular complexity index is 689. The van der Waals surface area contributed by atoms with Crippen molar-refractivity contribution in [3.63, 3.8) is 0 Å². The Morgan fingerprint density at radius 1 is 1.42 bits per heavy atom. The van der Waals surface area contributed by atoms with E-state index in [1.807, 2.05) is 43.7 Å². The predicted octanol–water partition coefficient (Wildman–Crippen LogP) is 2.39. The second-order valence-electron chi connectivity index (χ2n) is 7.23. The van der Waals surface area contributed by atoms with Crippen LogP contribution in [0.2, 0.25) is 0 Å². The van der Waals surface area contributed by atoms with Crippen molar-refractivity contribution in [2.45, 2.75) is 32.4 Å². The van der Waals surface area contributed by atoms with Crippen molar-refractivity contribution in [1.82, 2.24) is 19.8 Å². The number of carbonyl (C=O) groups is 1. The zero-order chi connectivity index (χ0) is 17.2. The van der Waals surface area contributed by atoms with Crippen LogP contribution in [0.4, 0.5) is 0 Å². The van der Waals surface area contributed by atoms with Crippen molar-refractivity contribution in [2.75, 3.05) is 20.6 Å². The molecule has 1 N–H and O–H groups in total. The van der Waals surface area contributed by atoms with Gasteiger partial charge in [-0.2, -0.15) is 0 Å². The molecule has 128 valence electrons. The monoisotopic (exact) mass is 326 g/mol. The van der Waals surface area contributed by atoms with E-state index in [1.165, 1.54) is 5.56 Å². The van der Waals surface area contributed by atoms with E-state index in [0.29, 0.717) is 0 Å². The third kappa shape index (κ3) is 3.85. The number of likely N-dealkylation sites (N-methyl/N-ethyl adjacent to an activating group) is 1. The molecule has 0 spiro atoms. The largest absolute Gasteiger partial charge is 0.354 e. The molecule has 1 aromatic heterocycles. The van der Waals surface area contributed by atoms with Crippen LogP contribution in [0.1, 0.15) is 30.0 Å². The number of carbonyl (C=O) groups excluding carboxylic acids is 1. The lowest BCUT2D eigenvalue weighted by molar-refractivity contribution is -0.126. The number of nitrogens with one attached hydrogen (secondary N) is 1. The first-order chi connectivity index (χ1) is 11.5. The van der Waals surface area contributed by atoms with Crippen molar-refractivity contribution in [3.8, 4) is 0 Å². The highest BCUT2D eigenvalue weighted by molar-refractivity contribution is 5.83. The topological polar surface area (TPSA) is 50.2 Å². The van der Waals surface area contributed by atoms with E-state index in [0.717, 1.165) is 31.5 Å². The molecule has 24 heavy (non-hydrogen) atoms. The molecular formula is C19H26N4O. The van der Waals surface area contributed by atoms with Crippen LogP contribution in [0, 0.1) is 12.3 Å². The predicted molar refractivity (Wildman–Crippen MR) is 94.5 cm³/mol. The minimum absolute atomic E-state index is 0.0718. The molecule has 0 saturated heterocycles. The summed E-state index contributed by atoms with van der Waals surface area (Å²) in [6, 6.07) is 7.92. The van der Waals surface area contributed by atoms with Gasteiger partial charge in [0.15, 0.2) is 0 Å². The summed E-state index contributed by atoms with van der Waals surface area (Å²) in [6.45, 7) is 3.70. The fourth-order valence-electron chi connectivity index (χ4n) is 3.23. The van der Waals surface area contributed by atoms with Crippen molar-refractivity contribution >= 4 is 5.91 Å². The molecular weight excluding hydrogens is 300 g/mol. The van der Waals surface area contributed by atoms with Crippen LogP contribution in [0.15, 0.2) is 43.0 Å². The van der Waals surface area contributed by atoms with E-state index in [1.54, 1.807) is 6.20 Å². The number of aromatic nitrogens is 2. The van der Waals surface area contributed by atoms with Gasteiger partial charge in [0.05, 0.1) is 6.33 Å². The van der Waals surface area contributed by atoms with Gasteiger partial charge in [0, 0.05) is 30.9 Å². The number of hydrogen-bond donors (Lipinski definition) is 1. The van der Waals surface area contributed by atoms with Crippen LogP contribution >= 0.6 is 0 Å². The minimum atomic E-state index is -0.256. The van der Waals surface area contributed by atoms with Crippen molar-refractivity contribution in [1.29, 1.82) is 0 Å². The second kappa shape index (κ2) is 6.77. The summed E-state index contributed by atoms with van der Waals surface area (Å²) in [7, 11) is 3.90. The normalized spacial score (nSPS) is 16.8. The maximum Gasteiger partial charge on any atom is 0.241 e. The Morgan fingerprint density at radius 2 is 2.21 bits per heavy atom. The summed E-state index contributed by atoms with van der Waals surface area (Å²) < 4.78 is 2.10. The summed E-state index contributed by atoms with van der Waals surface area (Å²) in [6.07, 6.45) is 7.94. The van der Waals surface area contributed by atoms with Gasteiger partial charge >= 0.3 is 0 Å². The minimum Gasteiger partial charge on any atom is -0.354 e. The van der Waals surface area contributed by atoms with Crippen LogP contribution in [0.25, 0.3) is 0 Å². The Hall–Kier alpha value is -2.14. The van der Waals surface area contributed by atoms with E-state index < -0.39 is 0 Å². The van der Waals surface area contributed by atoms with Crippen LogP contribution in [0.5, 0.6) is 0 Å². The summed E-state index contributed by atoms with van der Waals surface area (Å²) >= 11 is 0. The first-order valence-corrected chi connectivity index (χ1v) is 8.46. The number of benzene rings is 1. The van der Waals surface area contributed by atoms with Gasteiger partial charge < -0.3 is 9.88 Å².